The summed E-state index contributed by atoms with van der Waals surface area (Å²) in [4.78, 5) is 11.7. The number of fused-ring (bicyclic) bond motifs is 1. The van der Waals surface area contributed by atoms with Crippen molar-refractivity contribution in [1.82, 2.24) is 0 Å². The van der Waals surface area contributed by atoms with Gasteiger partial charge < -0.3 is 15.2 Å². The summed E-state index contributed by atoms with van der Waals surface area (Å²) in [5.41, 5.74) is 1.15. The minimum atomic E-state index is -0.932. The van der Waals surface area contributed by atoms with Gasteiger partial charge in [-0.3, -0.25) is 0 Å². The van der Waals surface area contributed by atoms with Crippen LogP contribution < -0.4 is 10.1 Å². The van der Waals surface area contributed by atoms with Gasteiger partial charge in [-0.1, -0.05) is 0 Å². The number of nitrogens with one attached hydrogen (secondary N) is 1. The molecule has 74 valence electrons. The molecule has 0 unspecified atom stereocenters. The van der Waals surface area contributed by atoms with Gasteiger partial charge in [-0.05, 0) is 12.1 Å². The van der Waals surface area contributed by atoms with Crippen LogP contribution in [0.3, 0.4) is 0 Å². The molecule has 0 radical (unpaired) electrons. The number of hydrogen-bond donors (Lipinski definition) is 2. The maximum absolute atomic E-state index is 10.8. The van der Waals surface area contributed by atoms with Crippen LogP contribution in [0.4, 0.5) is 5.69 Å². The molecule has 1 aliphatic heterocycles. The van der Waals surface area contributed by atoms with E-state index in [9.17, 15) is 4.79 Å². The van der Waals surface area contributed by atoms with Gasteiger partial charge in [0, 0.05) is 4.90 Å². The Kier molecular flexibility index (Phi) is 2.25. The topological polar surface area (TPSA) is 58.6 Å². The van der Waals surface area contributed by atoms with Gasteiger partial charge in [0.2, 0.25) is 0 Å². The van der Waals surface area contributed by atoms with E-state index in [1.54, 1.807) is 17.8 Å². The maximum Gasteiger partial charge on any atom is 0.335 e. The molecular formula is C9H9NO3S. The number of methoxy groups -OCH3 is 1. The number of carboxylic acids is 1. The van der Waals surface area contributed by atoms with Crippen LogP contribution in [-0.4, -0.2) is 24.1 Å². The first-order valence-electron chi connectivity index (χ1n) is 4.04. The molecule has 0 fully saturated rings. The highest BCUT2D eigenvalue weighted by Gasteiger charge is 2.18. The lowest BCUT2D eigenvalue weighted by molar-refractivity contribution is 0.0696. The lowest BCUT2D eigenvalue weighted by atomic mass is 10.2. The van der Waals surface area contributed by atoms with Crippen molar-refractivity contribution < 1.29 is 14.6 Å². The third kappa shape index (κ3) is 1.39. The number of anilines is 1. The number of benzene rings is 1. The molecule has 1 aliphatic rings. The fraction of sp³-hybridized carbons (Fsp3) is 0.222. The Morgan fingerprint density at radius 3 is 3.07 bits per heavy atom. The van der Waals surface area contributed by atoms with Crippen molar-refractivity contribution in [2.24, 2.45) is 0 Å². The molecule has 0 bridgehead atoms. The summed E-state index contributed by atoms with van der Waals surface area (Å²) in [6, 6.07) is 3.19. The number of rotatable bonds is 2. The van der Waals surface area contributed by atoms with E-state index in [0.717, 1.165) is 16.5 Å². The molecule has 0 spiro atoms. The molecular weight excluding hydrogens is 202 g/mol. The van der Waals surface area contributed by atoms with E-state index in [-0.39, 0.29) is 5.56 Å². The first-order chi connectivity index (χ1) is 6.72. The summed E-state index contributed by atoms with van der Waals surface area (Å²) in [5, 5.41) is 12.0. The monoisotopic (exact) mass is 211 g/mol. The molecule has 1 aromatic rings. The van der Waals surface area contributed by atoms with Gasteiger partial charge in [0.1, 0.15) is 5.75 Å². The second kappa shape index (κ2) is 3.42. The molecule has 0 saturated heterocycles. The van der Waals surface area contributed by atoms with Gasteiger partial charge in [-0.15, -0.1) is 11.8 Å². The fourth-order valence-corrected chi connectivity index (χ4v) is 2.25. The molecule has 4 nitrogen and oxygen atoms in total. The summed E-state index contributed by atoms with van der Waals surface area (Å²) >= 11 is 1.57. The van der Waals surface area contributed by atoms with Crippen molar-refractivity contribution in [3.63, 3.8) is 0 Å². The summed E-state index contributed by atoms with van der Waals surface area (Å²) in [7, 11) is 1.53. The van der Waals surface area contributed by atoms with Crippen LogP contribution in [0, 0.1) is 0 Å². The first kappa shape index (κ1) is 9.21. The van der Waals surface area contributed by atoms with Crippen molar-refractivity contribution in [3.05, 3.63) is 17.7 Å². The van der Waals surface area contributed by atoms with Crippen molar-refractivity contribution >= 4 is 23.4 Å². The van der Waals surface area contributed by atoms with Crippen LogP contribution in [0.1, 0.15) is 10.4 Å². The molecule has 0 aromatic heterocycles. The summed E-state index contributed by atoms with van der Waals surface area (Å²) in [5.74, 6) is 0.415. The average molecular weight is 211 g/mol. The van der Waals surface area contributed by atoms with E-state index in [1.807, 2.05) is 0 Å². The van der Waals surface area contributed by atoms with Crippen LogP contribution >= 0.6 is 11.8 Å². The number of hydrogen-bond acceptors (Lipinski definition) is 4. The Morgan fingerprint density at radius 1 is 1.64 bits per heavy atom. The largest absolute Gasteiger partial charge is 0.495 e. The third-order valence-electron chi connectivity index (χ3n) is 2.01. The van der Waals surface area contributed by atoms with E-state index in [1.165, 1.54) is 13.2 Å². The zero-order valence-corrected chi connectivity index (χ0v) is 8.35. The smallest absolute Gasteiger partial charge is 0.335 e. The van der Waals surface area contributed by atoms with Crippen LogP contribution in [0.2, 0.25) is 0 Å². The van der Waals surface area contributed by atoms with Gasteiger partial charge in [0.15, 0.2) is 0 Å². The highest BCUT2D eigenvalue weighted by Crippen LogP contribution is 2.41. The molecule has 14 heavy (non-hydrogen) atoms. The molecule has 0 aliphatic carbocycles. The molecule has 2 N–H and O–H groups in total. The molecule has 0 saturated carbocycles. The predicted molar refractivity (Wildman–Crippen MR) is 54.3 cm³/mol. The van der Waals surface area contributed by atoms with Crippen LogP contribution in [0.5, 0.6) is 5.75 Å². The van der Waals surface area contributed by atoms with Gasteiger partial charge >= 0.3 is 5.97 Å². The molecule has 0 amide bonds. The van der Waals surface area contributed by atoms with Crippen molar-refractivity contribution in [1.29, 1.82) is 0 Å². The zero-order chi connectivity index (χ0) is 10.1. The average Bonchev–Trinajstić information content (AvgIpc) is 2.63. The van der Waals surface area contributed by atoms with Gasteiger partial charge in [-0.25, -0.2) is 4.79 Å². The quantitative estimate of drug-likeness (QED) is 0.782. The van der Waals surface area contributed by atoms with E-state index in [4.69, 9.17) is 9.84 Å². The normalized spacial score (nSPS) is 13.2. The number of thioether (sulfide) groups is 1. The van der Waals surface area contributed by atoms with E-state index in [0.29, 0.717) is 5.75 Å². The zero-order valence-electron chi connectivity index (χ0n) is 7.53. The highest BCUT2D eigenvalue weighted by molar-refractivity contribution is 7.99. The molecule has 1 heterocycles. The maximum atomic E-state index is 10.8. The second-order valence-electron chi connectivity index (χ2n) is 2.82. The molecule has 1 aromatic carbocycles. The first-order valence-corrected chi connectivity index (χ1v) is 5.03. The summed E-state index contributed by atoms with van der Waals surface area (Å²) in [6.07, 6.45) is 0. The summed E-state index contributed by atoms with van der Waals surface area (Å²) in [6.45, 7) is 0. The van der Waals surface area contributed by atoms with E-state index < -0.39 is 5.97 Å². The van der Waals surface area contributed by atoms with Crippen LogP contribution in [-0.2, 0) is 0 Å². The number of carboxylic acid groups (broad SMARTS) is 1. The lowest BCUT2D eigenvalue weighted by Gasteiger charge is -2.07. The second-order valence-corrected chi connectivity index (χ2v) is 3.84. The Labute approximate surface area is 85.3 Å². The van der Waals surface area contributed by atoms with Crippen molar-refractivity contribution in [2.75, 3.05) is 18.3 Å². The van der Waals surface area contributed by atoms with Crippen LogP contribution in [0.25, 0.3) is 0 Å². The minimum absolute atomic E-state index is 0.261. The van der Waals surface area contributed by atoms with E-state index >= 15 is 0 Å². The standard InChI is InChI=1S/C9H9NO3S/c1-13-6-2-5(9(11)12)3-7-8(6)10-4-14-7/h2-3,10H,4H2,1H3,(H,11,12). The number of carbonyl (C=O) groups is 1. The Hall–Kier alpha value is -1.36. The Morgan fingerprint density at radius 2 is 2.43 bits per heavy atom. The molecule has 0 atom stereocenters. The Balaban J connectivity index is 2.54. The Bertz CT molecular complexity index is 392. The summed E-state index contributed by atoms with van der Waals surface area (Å²) < 4.78 is 5.11. The predicted octanol–water partition coefficient (Wildman–Crippen LogP) is 1.87. The van der Waals surface area contributed by atoms with Crippen molar-refractivity contribution in [2.45, 2.75) is 4.90 Å². The molecule has 2 rings (SSSR count). The lowest BCUT2D eigenvalue weighted by Crippen LogP contribution is -1.99. The van der Waals surface area contributed by atoms with Crippen LogP contribution in [0.15, 0.2) is 17.0 Å². The van der Waals surface area contributed by atoms with Crippen molar-refractivity contribution in [3.8, 4) is 5.75 Å². The van der Waals surface area contributed by atoms with E-state index in [2.05, 4.69) is 5.32 Å². The van der Waals surface area contributed by atoms with Gasteiger partial charge in [-0.2, -0.15) is 0 Å². The van der Waals surface area contributed by atoms with Gasteiger partial charge in [0.05, 0.1) is 24.2 Å². The SMILES string of the molecule is COc1cc(C(=O)O)cc2c1NCS2. The third-order valence-corrected chi connectivity index (χ3v) is 2.93. The molecule has 5 heteroatoms. The number of aromatic carboxylic acids is 1. The fourth-order valence-electron chi connectivity index (χ4n) is 1.35. The number of ether oxygens (including phenoxy) is 1. The van der Waals surface area contributed by atoms with Gasteiger partial charge in [0.25, 0.3) is 0 Å². The minimum Gasteiger partial charge on any atom is -0.495 e. The highest BCUT2D eigenvalue weighted by atomic mass is 32.2.